The first-order valence-electron chi connectivity index (χ1n) is 8.80. The lowest BCUT2D eigenvalue weighted by atomic mass is 9.97. The summed E-state index contributed by atoms with van der Waals surface area (Å²) in [6.07, 6.45) is 3.21. The fraction of sp³-hybridized carbons (Fsp3) is 0.250. The van der Waals surface area contributed by atoms with Crippen molar-refractivity contribution in [2.45, 2.75) is 18.8 Å². The lowest BCUT2D eigenvalue weighted by Crippen LogP contribution is -2.36. The first-order valence-corrected chi connectivity index (χ1v) is 10.3. The molecule has 2 aromatic carbocycles. The van der Waals surface area contributed by atoms with Gasteiger partial charge in [-0.3, -0.25) is 0 Å². The van der Waals surface area contributed by atoms with E-state index in [2.05, 4.69) is 9.97 Å². The molecule has 1 aliphatic heterocycles. The molecule has 0 aliphatic carbocycles. The van der Waals surface area contributed by atoms with Crippen LogP contribution in [0.4, 0.5) is 0 Å². The molecule has 0 atom stereocenters. The number of nitrogens with one attached hydrogen (secondary N) is 1. The second-order valence-electron chi connectivity index (χ2n) is 6.57. The van der Waals surface area contributed by atoms with Crippen LogP contribution in [0.15, 0.2) is 60.0 Å². The second-order valence-corrected chi connectivity index (χ2v) is 8.39. The van der Waals surface area contributed by atoms with Crippen molar-refractivity contribution in [1.29, 1.82) is 0 Å². The van der Waals surface area contributed by atoms with Gasteiger partial charge in [-0.2, -0.15) is 4.31 Å². The van der Waals surface area contributed by atoms with Gasteiger partial charge in [0.2, 0.25) is 10.0 Å². The number of rotatable bonds is 4. The monoisotopic (exact) mass is 367 g/mol. The van der Waals surface area contributed by atoms with Crippen LogP contribution in [-0.4, -0.2) is 35.8 Å². The quantitative estimate of drug-likeness (QED) is 0.764. The minimum absolute atomic E-state index is 0.270. The topological polar surface area (TPSA) is 66.1 Å². The zero-order valence-corrected chi connectivity index (χ0v) is 15.2. The number of imidazole rings is 1. The lowest BCUT2D eigenvalue weighted by Gasteiger charge is -2.29. The van der Waals surface area contributed by atoms with E-state index in [9.17, 15) is 8.42 Å². The van der Waals surface area contributed by atoms with Gasteiger partial charge in [0.1, 0.15) is 5.82 Å². The predicted octanol–water partition coefficient (Wildman–Crippen LogP) is 3.74. The molecule has 6 heteroatoms. The minimum atomic E-state index is -3.39. The molecule has 4 rings (SSSR count). The van der Waals surface area contributed by atoms with Crippen molar-refractivity contribution in [1.82, 2.24) is 14.3 Å². The molecule has 1 aliphatic rings. The van der Waals surface area contributed by atoms with E-state index in [0.29, 0.717) is 13.1 Å². The van der Waals surface area contributed by atoms with E-state index in [-0.39, 0.29) is 5.92 Å². The molecule has 134 valence electrons. The summed E-state index contributed by atoms with van der Waals surface area (Å²) in [7, 11) is -3.39. The van der Waals surface area contributed by atoms with Gasteiger partial charge in [0.05, 0.1) is 11.0 Å². The fourth-order valence-corrected chi connectivity index (χ4v) is 4.59. The van der Waals surface area contributed by atoms with Crippen LogP contribution in [0, 0.1) is 0 Å². The lowest BCUT2D eigenvalue weighted by molar-refractivity contribution is 0.317. The van der Waals surface area contributed by atoms with Gasteiger partial charge < -0.3 is 4.98 Å². The van der Waals surface area contributed by atoms with Crippen LogP contribution in [0.25, 0.3) is 17.1 Å². The first kappa shape index (κ1) is 17.0. The highest BCUT2D eigenvalue weighted by molar-refractivity contribution is 7.92. The normalized spacial score (nSPS) is 17.2. The average Bonchev–Trinajstić information content (AvgIpc) is 3.12. The number of para-hydroxylation sites is 2. The van der Waals surface area contributed by atoms with Crippen molar-refractivity contribution in [3.05, 3.63) is 71.4 Å². The minimum Gasteiger partial charge on any atom is -0.342 e. The van der Waals surface area contributed by atoms with Crippen molar-refractivity contribution >= 4 is 27.1 Å². The maximum absolute atomic E-state index is 12.6. The van der Waals surface area contributed by atoms with E-state index in [1.54, 1.807) is 10.4 Å². The Labute approximate surface area is 153 Å². The Morgan fingerprint density at radius 1 is 1.00 bits per heavy atom. The maximum Gasteiger partial charge on any atom is 0.236 e. The van der Waals surface area contributed by atoms with Gasteiger partial charge in [-0.05, 0) is 36.6 Å². The van der Waals surface area contributed by atoms with Crippen molar-refractivity contribution < 1.29 is 8.42 Å². The number of piperidine rings is 1. The second kappa shape index (κ2) is 7.05. The number of benzene rings is 2. The number of aromatic nitrogens is 2. The molecule has 0 unspecified atom stereocenters. The SMILES string of the molecule is O=S(=O)(C=Cc1ccccc1)N1CCC(c2nc3ccccc3[nH]2)CC1. The fourth-order valence-electron chi connectivity index (χ4n) is 3.36. The van der Waals surface area contributed by atoms with Gasteiger partial charge in [-0.25, -0.2) is 13.4 Å². The van der Waals surface area contributed by atoms with Crippen LogP contribution in [0.5, 0.6) is 0 Å². The Balaban J connectivity index is 1.43. The molecule has 1 N–H and O–H groups in total. The highest BCUT2D eigenvalue weighted by atomic mass is 32.2. The summed E-state index contributed by atoms with van der Waals surface area (Å²) in [5, 5.41) is 1.31. The smallest absolute Gasteiger partial charge is 0.236 e. The van der Waals surface area contributed by atoms with Crippen molar-refractivity contribution in [2.24, 2.45) is 0 Å². The Morgan fingerprint density at radius 3 is 2.42 bits per heavy atom. The molecule has 5 nitrogen and oxygen atoms in total. The number of sulfonamides is 1. The van der Waals surface area contributed by atoms with Gasteiger partial charge in [-0.15, -0.1) is 0 Å². The number of hydrogen-bond donors (Lipinski definition) is 1. The molecule has 1 fully saturated rings. The van der Waals surface area contributed by atoms with E-state index in [1.807, 2.05) is 54.6 Å². The van der Waals surface area contributed by atoms with Gasteiger partial charge in [0.15, 0.2) is 0 Å². The molecule has 0 saturated carbocycles. The van der Waals surface area contributed by atoms with E-state index >= 15 is 0 Å². The standard InChI is InChI=1S/C20H21N3O2S/c24-26(25,15-12-16-6-2-1-3-7-16)23-13-10-17(11-14-23)20-21-18-8-4-5-9-19(18)22-20/h1-9,12,15,17H,10-11,13-14H2,(H,21,22). The molecule has 3 aromatic rings. The van der Waals surface area contributed by atoms with Crippen LogP contribution in [-0.2, 0) is 10.0 Å². The Morgan fingerprint density at radius 2 is 1.69 bits per heavy atom. The highest BCUT2D eigenvalue weighted by Gasteiger charge is 2.28. The summed E-state index contributed by atoms with van der Waals surface area (Å²) in [5.41, 5.74) is 2.87. The summed E-state index contributed by atoms with van der Waals surface area (Å²) < 4.78 is 26.7. The molecular weight excluding hydrogens is 346 g/mol. The summed E-state index contributed by atoms with van der Waals surface area (Å²) in [6.45, 7) is 1.03. The van der Waals surface area contributed by atoms with Gasteiger partial charge >= 0.3 is 0 Å². The number of nitrogens with zero attached hydrogens (tertiary/aromatic N) is 2. The van der Waals surface area contributed by atoms with Crippen LogP contribution < -0.4 is 0 Å². The number of H-pyrrole nitrogens is 1. The van der Waals surface area contributed by atoms with Crippen LogP contribution in [0.1, 0.15) is 30.1 Å². The number of fused-ring (bicyclic) bond motifs is 1. The van der Waals surface area contributed by atoms with Gasteiger partial charge in [-0.1, -0.05) is 42.5 Å². The summed E-state index contributed by atoms with van der Waals surface area (Å²) in [5.74, 6) is 1.23. The van der Waals surface area contributed by atoms with Gasteiger partial charge in [0, 0.05) is 24.4 Å². The summed E-state index contributed by atoms with van der Waals surface area (Å²) in [6, 6.07) is 17.4. The summed E-state index contributed by atoms with van der Waals surface area (Å²) >= 11 is 0. The molecule has 2 heterocycles. The Hall–Kier alpha value is -2.44. The van der Waals surface area contributed by atoms with Gasteiger partial charge in [0.25, 0.3) is 0 Å². The number of aromatic amines is 1. The predicted molar refractivity (Wildman–Crippen MR) is 104 cm³/mol. The molecule has 0 bridgehead atoms. The van der Waals surface area contributed by atoms with Crippen molar-refractivity contribution in [3.8, 4) is 0 Å². The van der Waals surface area contributed by atoms with E-state index in [4.69, 9.17) is 0 Å². The molecule has 1 saturated heterocycles. The third-order valence-electron chi connectivity index (χ3n) is 4.84. The average molecular weight is 367 g/mol. The molecule has 26 heavy (non-hydrogen) atoms. The molecule has 0 amide bonds. The summed E-state index contributed by atoms with van der Waals surface area (Å²) in [4.78, 5) is 8.03. The molecule has 0 radical (unpaired) electrons. The zero-order chi connectivity index (χ0) is 18.0. The first-order chi connectivity index (χ1) is 12.6. The van der Waals surface area contributed by atoms with Crippen molar-refractivity contribution in [3.63, 3.8) is 0 Å². The maximum atomic E-state index is 12.6. The third-order valence-corrected chi connectivity index (χ3v) is 6.41. The Bertz CT molecular complexity index is 984. The van der Waals surface area contributed by atoms with E-state index in [1.165, 1.54) is 5.41 Å². The largest absolute Gasteiger partial charge is 0.342 e. The molecule has 1 aromatic heterocycles. The van der Waals surface area contributed by atoms with E-state index < -0.39 is 10.0 Å². The van der Waals surface area contributed by atoms with Crippen LogP contribution in [0.2, 0.25) is 0 Å². The highest BCUT2D eigenvalue weighted by Crippen LogP contribution is 2.29. The third kappa shape index (κ3) is 3.57. The Kier molecular flexibility index (Phi) is 4.61. The van der Waals surface area contributed by atoms with Crippen LogP contribution in [0.3, 0.4) is 0 Å². The molecular formula is C20H21N3O2S. The zero-order valence-electron chi connectivity index (χ0n) is 14.4. The van der Waals surface area contributed by atoms with Crippen molar-refractivity contribution in [2.75, 3.05) is 13.1 Å². The van der Waals surface area contributed by atoms with E-state index in [0.717, 1.165) is 35.3 Å². The molecule has 0 spiro atoms. The number of hydrogen-bond acceptors (Lipinski definition) is 3. The van der Waals surface area contributed by atoms with Crippen LogP contribution >= 0.6 is 0 Å².